The van der Waals surface area contributed by atoms with Crippen LogP contribution < -0.4 is 0 Å². The Morgan fingerprint density at radius 2 is 1.50 bits per heavy atom. The SMILES string of the molecule is C=C(CC)C(=O)OC(CC(C)(C(F)(F)F)C(F)(F)F)C(C)C. The Balaban J connectivity index is 5.46. The number of esters is 1. The third-order valence-corrected chi connectivity index (χ3v) is 3.58. The molecule has 8 heteroatoms. The highest BCUT2D eigenvalue weighted by molar-refractivity contribution is 5.87. The van der Waals surface area contributed by atoms with Crippen LogP contribution in [0.5, 0.6) is 0 Å². The van der Waals surface area contributed by atoms with Gasteiger partial charge < -0.3 is 4.74 Å². The van der Waals surface area contributed by atoms with E-state index in [1.807, 2.05) is 0 Å². The van der Waals surface area contributed by atoms with Crippen molar-refractivity contribution in [3.63, 3.8) is 0 Å². The van der Waals surface area contributed by atoms with E-state index < -0.39 is 42.2 Å². The normalized spacial score (nSPS) is 14.9. The van der Waals surface area contributed by atoms with E-state index in [0.717, 1.165) is 0 Å². The summed E-state index contributed by atoms with van der Waals surface area (Å²) in [5.74, 6) is -1.69. The lowest BCUT2D eigenvalue weighted by Crippen LogP contribution is -2.50. The monoisotopic (exact) mass is 334 g/mol. The number of ether oxygens (including phenoxy) is 1. The molecule has 0 bridgehead atoms. The van der Waals surface area contributed by atoms with Gasteiger partial charge in [0.2, 0.25) is 0 Å². The lowest BCUT2D eigenvalue weighted by atomic mass is 9.80. The van der Waals surface area contributed by atoms with E-state index in [1.54, 1.807) is 6.92 Å². The van der Waals surface area contributed by atoms with Crippen molar-refractivity contribution in [1.82, 2.24) is 0 Å². The molecule has 0 fully saturated rings. The molecule has 0 saturated heterocycles. The maximum Gasteiger partial charge on any atom is 0.403 e. The number of hydrogen-bond donors (Lipinski definition) is 0. The Kier molecular flexibility index (Phi) is 6.53. The lowest BCUT2D eigenvalue weighted by Gasteiger charge is -2.37. The quantitative estimate of drug-likeness (QED) is 0.386. The van der Waals surface area contributed by atoms with Crippen LogP contribution in [0, 0.1) is 11.3 Å². The minimum atomic E-state index is -5.51. The average molecular weight is 334 g/mol. The van der Waals surface area contributed by atoms with Crippen molar-refractivity contribution in [2.24, 2.45) is 11.3 Å². The molecule has 0 amide bonds. The second-order valence-corrected chi connectivity index (χ2v) is 5.68. The molecule has 2 nitrogen and oxygen atoms in total. The van der Waals surface area contributed by atoms with Gasteiger partial charge in [-0.25, -0.2) is 4.79 Å². The van der Waals surface area contributed by atoms with Crippen molar-refractivity contribution in [1.29, 1.82) is 0 Å². The number of carbonyl (C=O) groups is 1. The molecule has 0 aliphatic heterocycles. The first-order chi connectivity index (χ1) is 9.67. The highest BCUT2D eigenvalue weighted by Gasteiger charge is 2.68. The van der Waals surface area contributed by atoms with Crippen LogP contribution in [0.2, 0.25) is 0 Å². The Labute approximate surface area is 125 Å². The van der Waals surface area contributed by atoms with Gasteiger partial charge in [-0.3, -0.25) is 0 Å². The molecular formula is C14H20F6O2. The summed E-state index contributed by atoms with van der Waals surface area (Å²) in [5.41, 5.74) is -3.96. The van der Waals surface area contributed by atoms with Gasteiger partial charge in [0.1, 0.15) is 6.10 Å². The molecule has 0 heterocycles. The van der Waals surface area contributed by atoms with E-state index in [0.29, 0.717) is 0 Å². The van der Waals surface area contributed by atoms with Crippen LogP contribution in [-0.4, -0.2) is 24.4 Å². The zero-order valence-corrected chi connectivity index (χ0v) is 12.9. The van der Waals surface area contributed by atoms with Crippen molar-refractivity contribution in [2.75, 3.05) is 0 Å². The largest absolute Gasteiger partial charge is 0.459 e. The molecular weight excluding hydrogens is 314 g/mol. The van der Waals surface area contributed by atoms with Crippen LogP contribution in [0.15, 0.2) is 12.2 Å². The van der Waals surface area contributed by atoms with Crippen LogP contribution in [0.4, 0.5) is 26.3 Å². The Morgan fingerprint density at radius 3 is 1.77 bits per heavy atom. The molecule has 22 heavy (non-hydrogen) atoms. The van der Waals surface area contributed by atoms with Gasteiger partial charge in [-0.1, -0.05) is 27.4 Å². The van der Waals surface area contributed by atoms with Gasteiger partial charge in [-0.2, -0.15) is 26.3 Å². The number of hydrogen-bond acceptors (Lipinski definition) is 2. The van der Waals surface area contributed by atoms with Gasteiger partial charge in [-0.15, -0.1) is 0 Å². The van der Waals surface area contributed by atoms with E-state index in [-0.39, 0.29) is 18.9 Å². The zero-order chi connectivity index (χ0) is 17.9. The standard InChI is InChI=1S/C14H20F6O2/c1-6-9(4)11(21)22-10(8(2)3)7-12(5,13(15,16)17)14(18,19)20/h8,10H,4,6-7H2,1-3,5H3. The fraction of sp³-hybridized carbons (Fsp3) is 0.786. The first-order valence-corrected chi connectivity index (χ1v) is 6.69. The number of rotatable bonds is 6. The molecule has 1 atom stereocenters. The van der Waals surface area contributed by atoms with Crippen molar-refractivity contribution in [3.8, 4) is 0 Å². The molecule has 1 unspecified atom stereocenters. The smallest absolute Gasteiger partial charge is 0.403 e. The second-order valence-electron chi connectivity index (χ2n) is 5.68. The summed E-state index contributed by atoms with van der Waals surface area (Å²) in [5, 5.41) is 0. The molecule has 0 rings (SSSR count). The van der Waals surface area contributed by atoms with Gasteiger partial charge in [0.25, 0.3) is 0 Å². The Bertz CT molecular complexity index is 395. The Morgan fingerprint density at radius 1 is 1.09 bits per heavy atom. The third-order valence-electron chi connectivity index (χ3n) is 3.58. The molecule has 0 aromatic rings. The van der Waals surface area contributed by atoms with Gasteiger partial charge in [0.15, 0.2) is 5.41 Å². The summed E-state index contributed by atoms with van der Waals surface area (Å²) in [4.78, 5) is 11.6. The lowest BCUT2D eigenvalue weighted by molar-refractivity contribution is -0.342. The number of carbonyl (C=O) groups excluding carboxylic acids is 1. The van der Waals surface area contributed by atoms with Crippen LogP contribution >= 0.6 is 0 Å². The first kappa shape index (κ1) is 20.8. The maximum absolute atomic E-state index is 12.9. The highest BCUT2D eigenvalue weighted by atomic mass is 19.4. The molecule has 0 aromatic heterocycles. The molecule has 0 N–H and O–H groups in total. The average Bonchev–Trinajstić information content (AvgIpc) is 2.33. The van der Waals surface area contributed by atoms with Crippen LogP contribution in [0.1, 0.15) is 40.5 Å². The van der Waals surface area contributed by atoms with Crippen molar-refractivity contribution < 1.29 is 35.9 Å². The fourth-order valence-electron chi connectivity index (χ4n) is 1.57. The van der Waals surface area contributed by atoms with Gasteiger partial charge >= 0.3 is 18.3 Å². The van der Waals surface area contributed by atoms with Gasteiger partial charge in [0, 0.05) is 12.0 Å². The van der Waals surface area contributed by atoms with E-state index in [2.05, 4.69) is 6.58 Å². The van der Waals surface area contributed by atoms with Crippen LogP contribution in [0.3, 0.4) is 0 Å². The molecule has 130 valence electrons. The molecule has 0 saturated carbocycles. The minimum absolute atomic E-state index is 0.00799. The summed E-state index contributed by atoms with van der Waals surface area (Å²) < 4.78 is 82.3. The third kappa shape index (κ3) is 4.64. The zero-order valence-electron chi connectivity index (χ0n) is 12.9. The predicted octanol–water partition coefficient (Wildman–Crippen LogP) is 5.04. The number of halogens is 6. The molecule has 0 aliphatic carbocycles. The second kappa shape index (κ2) is 6.91. The summed E-state index contributed by atoms with van der Waals surface area (Å²) >= 11 is 0. The predicted molar refractivity (Wildman–Crippen MR) is 69.0 cm³/mol. The summed E-state index contributed by atoms with van der Waals surface area (Å²) in [6.45, 7) is 7.79. The van der Waals surface area contributed by atoms with Crippen LogP contribution in [0.25, 0.3) is 0 Å². The number of alkyl halides is 6. The maximum atomic E-state index is 12.9. The summed E-state index contributed by atoms with van der Waals surface area (Å²) in [7, 11) is 0. The summed E-state index contributed by atoms with van der Waals surface area (Å²) in [6.07, 6.45) is -13.7. The Hall–Kier alpha value is -1.21. The topological polar surface area (TPSA) is 26.3 Å². The van der Waals surface area contributed by atoms with E-state index >= 15 is 0 Å². The van der Waals surface area contributed by atoms with Gasteiger partial charge in [0.05, 0.1) is 0 Å². The van der Waals surface area contributed by atoms with Crippen molar-refractivity contribution >= 4 is 5.97 Å². The van der Waals surface area contributed by atoms with E-state index in [4.69, 9.17) is 4.74 Å². The van der Waals surface area contributed by atoms with E-state index in [1.165, 1.54) is 13.8 Å². The molecule has 0 aliphatic rings. The summed E-state index contributed by atoms with van der Waals surface area (Å²) in [6, 6.07) is 0. The van der Waals surface area contributed by atoms with Crippen molar-refractivity contribution in [2.45, 2.75) is 59.0 Å². The molecule has 0 spiro atoms. The minimum Gasteiger partial charge on any atom is -0.459 e. The molecule has 0 radical (unpaired) electrons. The van der Waals surface area contributed by atoms with Gasteiger partial charge in [-0.05, 0) is 19.3 Å². The first-order valence-electron chi connectivity index (χ1n) is 6.69. The van der Waals surface area contributed by atoms with E-state index in [9.17, 15) is 31.1 Å². The fourth-order valence-corrected chi connectivity index (χ4v) is 1.57. The van der Waals surface area contributed by atoms with Crippen molar-refractivity contribution in [3.05, 3.63) is 12.2 Å². The van der Waals surface area contributed by atoms with Crippen LogP contribution in [-0.2, 0) is 9.53 Å². The molecule has 0 aromatic carbocycles. The highest BCUT2D eigenvalue weighted by Crippen LogP contribution is 2.53.